The summed E-state index contributed by atoms with van der Waals surface area (Å²) in [5.74, 6) is -2.51. The van der Waals surface area contributed by atoms with Crippen molar-refractivity contribution in [1.29, 1.82) is 0 Å². The van der Waals surface area contributed by atoms with Gasteiger partial charge in [0.2, 0.25) is 11.6 Å². The predicted molar refractivity (Wildman–Crippen MR) is 131 cm³/mol. The highest BCUT2D eigenvalue weighted by atomic mass is 127. The maximum absolute atomic E-state index is 11.0. The van der Waals surface area contributed by atoms with Gasteiger partial charge in [-0.3, -0.25) is 0 Å². The van der Waals surface area contributed by atoms with Crippen LogP contribution in [0.2, 0.25) is 0 Å². The van der Waals surface area contributed by atoms with Gasteiger partial charge in [0.05, 0.1) is 41.4 Å². The number of ether oxygens (including phenoxy) is 2. The Morgan fingerprint density at radius 2 is 1.05 bits per heavy atom. The van der Waals surface area contributed by atoms with Gasteiger partial charge >= 0.3 is 5.51 Å². The molecule has 0 bridgehead atoms. The second kappa shape index (κ2) is 11.9. The zero-order valence-electron chi connectivity index (χ0n) is 22.1. The number of morpholine rings is 2. The Morgan fingerprint density at radius 1 is 0.769 bits per heavy atom. The van der Waals surface area contributed by atoms with Gasteiger partial charge in [-0.05, 0) is 11.1 Å². The maximum atomic E-state index is 11.0. The number of likely N-dealkylation sites (N-methyl/N-ethyl adjacent to an activating group) is 2. The molecular formula is C25H34F3IN2O7S. The molecule has 0 saturated carbocycles. The molecule has 2 fully saturated rings. The molecule has 0 amide bonds. The summed E-state index contributed by atoms with van der Waals surface area (Å²) in [7, 11) is 2.33. The molecule has 0 aromatic heterocycles. The summed E-state index contributed by atoms with van der Waals surface area (Å²) in [6.07, 6.45) is 0. The van der Waals surface area contributed by atoms with Crippen LogP contribution in [0.1, 0.15) is 11.1 Å². The SMILES string of the molecule is C[N+]1(C)CCOC(O)(c2ccc(-c3ccc(C4(O)C[N+](C)([11CH3])CCO4)cc3)cc2)C1.O=S(=O)([O-])C(F)(F)F.[I-]. The maximum Gasteiger partial charge on any atom is 0.485 e. The molecule has 4 rings (SSSR count). The lowest BCUT2D eigenvalue weighted by Crippen LogP contribution is -3.00. The number of nitrogens with zero attached hydrogens (tertiary/aromatic N) is 2. The van der Waals surface area contributed by atoms with Crippen LogP contribution in [0.4, 0.5) is 13.2 Å². The van der Waals surface area contributed by atoms with Crippen LogP contribution in [-0.4, -0.2) is 105 Å². The molecule has 0 spiro atoms. The molecule has 0 radical (unpaired) electrons. The van der Waals surface area contributed by atoms with E-state index in [1.807, 2.05) is 48.5 Å². The monoisotopic (exact) mass is 689 g/mol. The number of benzene rings is 2. The zero-order valence-corrected chi connectivity index (χ0v) is 25.1. The van der Waals surface area contributed by atoms with Gasteiger partial charge in [0.25, 0.3) is 0 Å². The number of rotatable bonds is 3. The molecule has 14 heteroatoms. The number of quaternary nitrogens is 2. The molecule has 0 aliphatic carbocycles. The van der Waals surface area contributed by atoms with Crippen molar-refractivity contribution in [3.63, 3.8) is 0 Å². The highest BCUT2D eigenvalue weighted by Gasteiger charge is 2.43. The lowest BCUT2D eigenvalue weighted by Gasteiger charge is -2.42. The molecule has 2 aromatic rings. The minimum Gasteiger partial charge on any atom is -1.00 e. The number of alkyl halides is 3. The molecule has 2 aromatic carbocycles. The summed E-state index contributed by atoms with van der Waals surface area (Å²) >= 11 is 0. The third-order valence-corrected chi connectivity index (χ3v) is 7.22. The van der Waals surface area contributed by atoms with Crippen molar-refractivity contribution in [2.75, 3.05) is 67.6 Å². The number of halogens is 4. The zero-order chi connectivity index (χ0) is 28.6. The predicted octanol–water partition coefficient (Wildman–Crippen LogP) is -1.09. The van der Waals surface area contributed by atoms with E-state index >= 15 is 0 Å². The van der Waals surface area contributed by atoms with Crippen LogP contribution in [0.25, 0.3) is 11.1 Å². The van der Waals surface area contributed by atoms with Gasteiger partial charge in [-0.2, -0.15) is 13.2 Å². The van der Waals surface area contributed by atoms with Crippen LogP contribution in [0.5, 0.6) is 0 Å². The van der Waals surface area contributed by atoms with E-state index in [1.165, 1.54) is 0 Å². The van der Waals surface area contributed by atoms with Crippen molar-refractivity contribution >= 4 is 10.1 Å². The molecule has 220 valence electrons. The molecule has 2 N–H and O–H groups in total. The van der Waals surface area contributed by atoms with Gasteiger partial charge in [0, 0.05) is 11.1 Å². The molecule has 2 aliphatic heterocycles. The van der Waals surface area contributed by atoms with Gasteiger partial charge in [-0.15, -0.1) is 0 Å². The first-order chi connectivity index (χ1) is 17.3. The van der Waals surface area contributed by atoms with Crippen LogP contribution >= 0.6 is 0 Å². The smallest absolute Gasteiger partial charge is 0.485 e. The van der Waals surface area contributed by atoms with Crippen molar-refractivity contribution in [2.24, 2.45) is 0 Å². The van der Waals surface area contributed by atoms with Crippen LogP contribution in [0, 0.1) is 0 Å². The molecule has 3 unspecified atom stereocenters. The summed E-state index contributed by atoms with van der Waals surface area (Å²) in [4.78, 5) is 0. The van der Waals surface area contributed by atoms with Crippen molar-refractivity contribution < 1.29 is 78.8 Å². The molecule has 2 heterocycles. The average molecular weight is 690 g/mol. The van der Waals surface area contributed by atoms with Crippen LogP contribution < -0.4 is 24.0 Å². The average Bonchev–Trinajstić information content (AvgIpc) is 2.77. The summed E-state index contributed by atoms with van der Waals surface area (Å²) in [6.45, 7) is 3.89. The summed E-state index contributed by atoms with van der Waals surface area (Å²) in [6, 6.07) is 15.8. The molecule has 2 saturated heterocycles. The highest BCUT2D eigenvalue weighted by Crippen LogP contribution is 2.33. The first kappa shape index (κ1) is 33.8. The summed E-state index contributed by atoms with van der Waals surface area (Å²) in [5, 5.41) is 22.0. The van der Waals surface area contributed by atoms with Gasteiger partial charge in [-0.1, -0.05) is 48.5 Å². The van der Waals surface area contributed by atoms with E-state index in [4.69, 9.17) is 22.4 Å². The van der Waals surface area contributed by atoms with Crippen LogP contribution in [0.3, 0.4) is 0 Å². The lowest BCUT2D eigenvalue weighted by molar-refractivity contribution is -0.912. The first-order valence-corrected chi connectivity index (χ1v) is 13.3. The molecular weight excluding hydrogens is 655 g/mol. The van der Waals surface area contributed by atoms with E-state index in [0.29, 0.717) is 26.3 Å². The second-order valence-corrected chi connectivity index (χ2v) is 12.3. The normalized spacial score (nSPS) is 29.0. The Bertz CT molecular complexity index is 1150. The Hall–Kier alpha value is -1.37. The quantitative estimate of drug-likeness (QED) is 0.182. The van der Waals surface area contributed by atoms with E-state index in [-0.39, 0.29) is 24.0 Å². The molecule has 3 atom stereocenters. The van der Waals surface area contributed by atoms with E-state index in [0.717, 1.165) is 44.3 Å². The van der Waals surface area contributed by atoms with Gasteiger partial charge < -0.3 is 57.2 Å². The summed E-state index contributed by atoms with van der Waals surface area (Å²) in [5.41, 5.74) is -2.00. The number of hydrogen-bond donors (Lipinski definition) is 2. The van der Waals surface area contributed by atoms with E-state index < -0.39 is 27.2 Å². The first-order valence-electron chi connectivity index (χ1n) is 11.9. The molecule has 9 nitrogen and oxygen atoms in total. The number of aliphatic hydroxyl groups is 2. The Morgan fingerprint density at radius 3 is 1.28 bits per heavy atom. The fourth-order valence-corrected chi connectivity index (χ4v) is 4.53. The summed E-state index contributed by atoms with van der Waals surface area (Å²) < 4.78 is 71.8. The van der Waals surface area contributed by atoms with E-state index in [1.54, 1.807) is 0 Å². The van der Waals surface area contributed by atoms with E-state index in [9.17, 15) is 23.4 Å². The van der Waals surface area contributed by atoms with Crippen molar-refractivity contribution in [3.05, 3.63) is 59.7 Å². The lowest BCUT2D eigenvalue weighted by atomic mass is 9.96. The van der Waals surface area contributed by atoms with Crippen molar-refractivity contribution in [1.82, 2.24) is 0 Å². The topological polar surface area (TPSA) is 116 Å². The molecule has 2 aliphatic rings. The van der Waals surface area contributed by atoms with Crippen LogP contribution in [-0.2, 0) is 31.2 Å². The fourth-order valence-electron chi connectivity index (χ4n) is 4.53. The minimum atomic E-state index is -6.09. The van der Waals surface area contributed by atoms with E-state index in [2.05, 4.69) is 28.2 Å². The Labute approximate surface area is 243 Å². The fraction of sp³-hybridized carbons (Fsp3) is 0.520. The van der Waals surface area contributed by atoms with Crippen LogP contribution in [0.15, 0.2) is 48.5 Å². The highest BCUT2D eigenvalue weighted by molar-refractivity contribution is 7.86. The van der Waals surface area contributed by atoms with Gasteiger partial charge in [-0.25, -0.2) is 8.42 Å². The van der Waals surface area contributed by atoms with Gasteiger partial charge in [0.15, 0.2) is 10.1 Å². The standard InChI is InChI=1S/C24H34N2O4.CHF3O3S.HI/c1-25(2)13-15-29-23(27,17-25)21-9-5-19(6-10-21)20-7-11-22(12-8-20)24(28)18-26(3,4)14-16-30-24;2-1(3,4)8(5,6)7;/h5-12,27-28H,13-18H2,1-4H3;(H,5,6,7);1H/q+2;;/p-2/i1-1;;. The Balaban J connectivity index is 0.000000519. The Kier molecular flexibility index (Phi) is 10.3. The second-order valence-electron chi connectivity index (χ2n) is 11.0. The number of hydrogen-bond acceptors (Lipinski definition) is 7. The largest absolute Gasteiger partial charge is 1.00 e. The third kappa shape index (κ3) is 8.56. The van der Waals surface area contributed by atoms with Crippen molar-refractivity contribution in [2.45, 2.75) is 17.1 Å². The third-order valence-electron chi connectivity index (χ3n) is 6.65. The minimum absolute atomic E-state index is 0. The van der Waals surface area contributed by atoms with Crippen molar-refractivity contribution in [3.8, 4) is 11.1 Å². The van der Waals surface area contributed by atoms with Gasteiger partial charge in [0.1, 0.15) is 26.2 Å². The molecule has 39 heavy (non-hydrogen) atoms.